The molecular weight excluding hydrogens is 302 g/mol. The zero-order valence-electron chi connectivity index (χ0n) is 12.9. The van der Waals surface area contributed by atoms with Gasteiger partial charge in [-0.15, -0.1) is 0 Å². The molecule has 7 nitrogen and oxygen atoms in total. The number of hydrogen-bond acceptors (Lipinski definition) is 6. The van der Waals surface area contributed by atoms with Crippen LogP contribution in [0.3, 0.4) is 0 Å². The van der Waals surface area contributed by atoms with E-state index in [9.17, 15) is 9.59 Å². The van der Waals surface area contributed by atoms with Crippen LogP contribution in [-0.2, 0) is 25.6 Å². The van der Waals surface area contributed by atoms with Crippen molar-refractivity contribution in [3.8, 4) is 11.5 Å². The second-order valence-corrected chi connectivity index (χ2v) is 5.49. The zero-order chi connectivity index (χ0) is 16.2. The molecule has 0 radical (unpaired) electrons. The Morgan fingerprint density at radius 2 is 2.17 bits per heavy atom. The first-order chi connectivity index (χ1) is 11.1. The number of hydrogen-bond donors (Lipinski definition) is 1. The molecular formula is C16H19NO6. The van der Waals surface area contributed by atoms with Gasteiger partial charge in [0.15, 0.2) is 23.7 Å². The first-order valence-electron chi connectivity index (χ1n) is 7.62. The first kappa shape index (κ1) is 15.6. The van der Waals surface area contributed by atoms with Gasteiger partial charge in [0.1, 0.15) is 0 Å². The van der Waals surface area contributed by atoms with Gasteiger partial charge in [0.2, 0.25) is 6.79 Å². The lowest BCUT2D eigenvalue weighted by molar-refractivity contribution is -0.163. The third kappa shape index (κ3) is 3.73. The molecule has 1 fully saturated rings. The predicted molar refractivity (Wildman–Crippen MR) is 78.9 cm³/mol. The predicted octanol–water partition coefficient (Wildman–Crippen LogP) is 1.14. The standard InChI is InChI=1S/C16H19NO6/c1-10(23-16(19)13-3-2-6-20-13)15(18)17-8-11-4-5-12-14(7-11)22-9-21-12/h4-5,7,10,13H,2-3,6,8-9H2,1H3,(H,17,18)/t10-,13+/m1/s1. The van der Waals surface area contributed by atoms with E-state index in [1.807, 2.05) is 12.1 Å². The Morgan fingerprint density at radius 3 is 2.96 bits per heavy atom. The highest BCUT2D eigenvalue weighted by atomic mass is 16.7. The van der Waals surface area contributed by atoms with E-state index < -0.39 is 18.2 Å². The Kier molecular flexibility index (Phi) is 4.66. The van der Waals surface area contributed by atoms with Crippen molar-refractivity contribution in [1.29, 1.82) is 0 Å². The largest absolute Gasteiger partial charge is 0.454 e. The molecule has 2 aliphatic heterocycles. The maximum Gasteiger partial charge on any atom is 0.336 e. The summed E-state index contributed by atoms with van der Waals surface area (Å²) in [5.41, 5.74) is 0.875. The molecule has 124 valence electrons. The number of benzene rings is 1. The second kappa shape index (κ2) is 6.87. The number of carbonyl (C=O) groups excluding carboxylic acids is 2. The minimum absolute atomic E-state index is 0.210. The van der Waals surface area contributed by atoms with Gasteiger partial charge in [0.25, 0.3) is 5.91 Å². The summed E-state index contributed by atoms with van der Waals surface area (Å²) < 4.78 is 20.9. The topological polar surface area (TPSA) is 83.1 Å². The summed E-state index contributed by atoms with van der Waals surface area (Å²) in [5, 5.41) is 2.73. The van der Waals surface area contributed by atoms with Gasteiger partial charge in [-0.3, -0.25) is 4.79 Å². The number of ether oxygens (including phenoxy) is 4. The minimum Gasteiger partial charge on any atom is -0.454 e. The van der Waals surface area contributed by atoms with Crippen LogP contribution >= 0.6 is 0 Å². The van der Waals surface area contributed by atoms with Crippen LogP contribution in [0.25, 0.3) is 0 Å². The van der Waals surface area contributed by atoms with Crippen LogP contribution in [0.2, 0.25) is 0 Å². The lowest BCUT2D eigenvalue weighted by Gasteiger charge is -2.16. The molecule has 1 amide bonds. The molecule has 3 rings (SSSR count). The number of fused-ring (bicyclic) bond motifs is 1. The van der Waals surface area contributed by atoms with Crippen molar-refractivity contribution < 1.29 is 28.5 Å². The van der Waals surface area contributed by atoms with Crippen molar-refractivity contribution in [3.63, 3.8) is 0 Å². The van der Waals surface area contributed by atoms with Crippen LogP contribution in [0.4, 0.5) is 0 Å². The molecule has 0 aromatic heterocycles. The summed E-state index contributed by atoms with van der Waals surface area (Å²) in [5.74, 6) is 0.524. The van der Waals surface area contributed by atoms with Crippen LogP contribution in [-0.4, -0.2) is 37.5 Å². The van der Waals surface area contributed by atoms with Gasteiger partial charge >= 0.3 is 5.97 Å². The molecule has 0 saturated carbocycles. The molecule has 1 aromatic rings. The van der Waals surface area contributed by atoms with Gasteiger partial charge in [-0.2, -0.15) is 0 Å². The van der Waals surface area contributed by atoms with Gasteiger partial charge < -0.3 is 24.3 Å². The summed E-state index contributed by atoms with van der Waals surface area (Å²) in [7, 11) is 0. The van der Waals surface area contributed by atoms with Crippen LogP contribution < -0.4 is 14.8 Å². The summed E-state index contributed by atoms with van der Waals surface area (Å²) in [6.07, 6.45) is 0.0780. The van der Waals surface area contributed by atoms with Crippen molar-refractivity contribution in [3.05, 3.63) is 23.8 Å². The highest BCUT2D eigenvalue weighted by Gasteiger charge is 2.28. The van der Waals surface area contributed by atoms with Crippen molar-refractivity contribution in [2.24, 2.45) is 0 Å². The maximum atomic E-state index is 12.0. The molecule has 0 spiro atoms. The molecule has 0 bridgehead atoms. The fourth-order valence-corrected chi connectivity index (χ4v) is 2.45. The Bertz CT molecular complexity index is 596. The molecule has 2 heterocycles. The Hall–Kier alpha value is -2.28. The number of esters is 1. The van der Waals surface area contributed by atoms with Gasteiger partial charge in [-0.05, 0) is 37.5 Å². The molecule has 1 saturated heterocycles. The molecule has 23 heavy (non-hydrogen) atoms. The van der Waals surface area contributed by atoms with E-state index in [0.29, 0.717) is 31.1 Å². The summed E-state index contributed by atoms with van der Waals surface area (Å²) in [4.78, 5) is 23.8. The number of nitrogens with one attached hydrogen (secondary N) is 1. The first-order valence-corrected chi connectivity index (χ1v) is 7.62. The molecule has 2 atom stereocenters. The van der Waals surface area contributed by atoms with Gasteiger partial charge in [-0.25, -0.2) is 4.79 Å². The lowest BCUT2D eigenvalue weighted by Crippen LogP contribution is -2.37. The van der Waals surface area contributed by atoms with E-state index in [4.69, 9.17) is 18.9 Å². The molecule has 1 aromatic carbocycles. The van der Waals surface area contributed by atoms with Crippen molar-refractivity contribution >= 4 is 11.9 Å². The average Bonchev–Trinajstić information content (AvgIpc) is 3.22. The molecule has 7 heteroatoms. The van der Waals surface area contributed by atoms with Crippen LogP contribution in [0, 0.1) is 0 Å². The van der Waals surface area contributed by atoms with E-state index in [-0.39, 0.29) is 12.7 Å². The van der Waals surface area contributed by atoms with Crippen LogP contribution in [0.5, 0.6) is 11.5 Å². The van der Waals surface area contributed by atoms with Crippen molar-refractivity contribution in [1.82, 2.24) is 5.32 Å². The SMILES string of the molecule is C[C@@H](OC(=O)[C@@H]1CCCO1)C(=O)NCc1ccc2c(c1)OCO2. The van der Waals surface area contributed by atoms with E-state index in [1.165, 1.54) is 0 Å². The van der Waals surface area contributed by atoms with E-state index in [2.05, 4.69) is 5.32 Å². The Morgan fingerprint density at radius 1 is 1.35 bits per heavy atom. The third-order valence-corrected chi connectivity index (χ3v) is 3.76. The van der Waals surface area contributed by atoms with Crippen LogP contribution in [0.15, 0.2) is 18.2 Å². The monoisotopic (exact) mass is 321 g/mol. The Balaban J connectivity index is 1.47. The van der Waals surface area contributed by atoms with E-state index in [0.717, 1.165) is 12.0 Å². The van der Waals surface area contributed by atoms with Crippen molar-refractivity contribution in [2.75, 3.05) is 13.4 Å². The lowest BCUT2D eigenvalue weighted by atomic mass is 10.2. The smallest absolute Gasteiger partial charge is 0.336 e. The minimum atomic E-state index is -0.860. The molecule has 0 aliphatic carbocycles. The van der Waals surface area contributed by atoms with Crippen LogP contribution in [0.1, 0.15) is 25.3 Å². The number of carbonyl (C=O) groups is 2. The maximum absolute atomic E-state index is 12.0. The van der Waals surface area contributed by atoms with Gasteiger partial charge in [0, 0.05) is 13.2 Å². The summed E-state index contributed by atoms with van der Waals surface area (Å²) >= 11 is 0. The summed E-state index contributed by atoms with van der Waals surface area (Å²) in [6, 6.07) is 5.45. The highest BCUT2D eigenvalue weighted by molar-refractivity contribution is 5.84. The molecule has 1 N–H and O–H groups in total. The number of amides is 1. The second-order valence-electron chi connectivity index (χ2n) is 5.49. The number of rotatable bonds is 5. The zero-order valence-corrected chi connectivity index (χ0v) is 12.9. The third-order valence-electron chi connectivity index (χ3n) is 3.76. The van der Waals surface area contributed by atoms with Crippen molar-refractivity contribution in [2.45, 2.75) is 38.5 Å². The fourth-order valence-electron chi connectivity index (χ4n) is 2.45. The van der Waals surface area contributed by atoms with Gasteiger partial charge in [-0.1, -0.05) is 6.07 Å². The average molecular weight is 321 g/mol. The van der Waals surface area contributed by atoms with E-state index >= 15 is 0 Å². The highest BCUT2D eigenvalue weighted by Crippen LogP contribution is 2.32. The fraction of sp³-hybridized carbons (Fsp3) is 0.500. The summed E-state index contributed by atoms with van der Waals surface area (Å²) in [6.45, 7) is 2.63. The Labute approximate surface area is 133 Å². The molecule has 0 unspecified atom stereocenters. The van der Waals surface area contributed by atoms with Gasteiger partial charge in [0.05, 0.1) is 0 Å². The molecule has 2 aliphatic rings. The van der Waals surface area contributed by atoms with E-state index in [1.54, 1.807) is 13.0 Å². The normalized spacial score (nSPS) is 20.1. The quantitative estimate of drug-likeness (QED) is 0.819.